The molecule has 0 unspecified atom stereocenters. The maximum absolute atomic E-state index is 14.6. The summed E-state index contributed by atoms with van der Waals surface area (Å²) in [6.45, 7) is 17.0. The summed E-state index contributed by atoms with van der Waals surface area (Å²) in [4.78, 5) is 17.5. The maximum Gasteiger partial charge on any atom is 0.225 e. The van der Waals surface area contributed by atoms with E-state index in [1.807, 2.05) is 67.5 Å². The summed E-state index contributed by atoms with van der Waals surface area (Å²) in [5, 5.41) is 20.9. The van der Waals surface area contributed by atoms with Crippen LogP contribution in [0.4, 0.5) is 8.78 Å². The monoisotopic (exact) mass is 668 g/mol. The predicted molar refractivity (Wildman–Crippen MR) is 178 cm³/mol. The van der Waals surface area contributed by atoms with Gasteiger partial charge in [-0.25, -0.2) is 18.7 Å². The van der Waals surface area contributed by atoms with Crippen LogP contribution in [-0.4, -0.2) is 81.0 Å². The molecule has 0 saturated carbocycles. The van der Waals surface area contributed by atoms with Crippen LogP contribution in [0.15, 0.2) is 24.3 Å². The van der Waals surface area contributed by atoms with Crippen molar-refractivity contribution in [3.63, 3.8) is 0 Å². The van der Waals surface area contributed by atoms with Gasteiger partial charge in [0.1, 0.15) is 46.5 Å². The lowest BCUT2D eigenvalue weighted by molar-refractivity contribution is 0.0712. The van der Waals surface area contributed by atoms with Crippen LogP contribution in [0.1, 0.15) is 78.2 Å². The average Bonchev–Trinajstić information content (AvgIpc) is 3.63. The zero-order chi connectivity index (χ0) is 35.0. The fraction of sp³-hybridized carbons (Fsp3) is 0.556. The Bertz CT molecular complexity index is 1650. The number of hydrogen-bond acceptors (Lipinski definition) is 10. The smallest absolute Gasteiger partial charge is 0.225 e. The van der Waals surface area contributed by atoms with E-state index in [0.717, 1.165) is 11.1 Å². The minimum atomic E-state index is -0.712. The van der Waals surface area contributed by atoms with Crippen molar-refractivity contribution in [2.24, 2.45) is 0 Å². The minimum Gasteiger partial charge on any atom is -0.468 e. The predicted octanol–water partition coefficient (Wildman–Crippen LogP) is 5.53. The van der Waals surface area contributed by atoms with Crippen LogP contribution in [0.25, 0.3) is 21.8 Å². The summed E-state index contributed by atoms with van der Waals surface area (Å²) in [7, 11) is 0. The first-order chi connectivity index (χ1) is 22.6. The Morgan fingerprint density at radius 1 is 0.646 bits per heavy atom. The lowest BCUT2D eigenvalue weighted by atomic mass is 9.86. The van der Waals surface area contributed by atoms with Crippen LogP contribution < -0.4 is 9.47 Å². The normalized spacial score (nSPS) is 21.4. The molecule has 10 nitrogen and oxygen atoms in total. The molecule has 2 N–H and O–H groups in total. The Morgan fingerprint density at radius 3 is 1.31 bits per heavy atom. The third-order valence-corrected chi connectivity index (χ3v) is 8.42. The van der Waals surface area contributed by atoms with Crippen molar-refractivity contribution in [1.82, 2.24) is 19.9 Å². The number of aliphatic hydroxyl groups is 2. The molecule has 260 valence electrons. The zero-order valence-corrected chi connectivity index (χ0v) is 28.9. The fourth-order valence-corrected chi connectivity index (χ4v) is 5.33. The molecule has 4 aromatic rings. The van der Waals surface area contributed by atoms with Crippen LogP contribution in [0.2, 0.25) is 0 Å². The van der Waals surface area contributed by atoms with Crippen molar-refractivity contribution in [3.8, 4) is 11.8 Å². The van der Waals surface area contributed by atoms with Gasteiger partial charge < -0.3 is 29.2 Å². The van der Waals surface area contributed by atoms with Gasteiger partial charge >= 0.3 is 0 Å². The van der Waals surface area contributed by atoms with Gasteiger partial charge in [-0.1, -0.05) is 55.4 Å². The first-order valence-electron chi connectivity index (χ1n) is 16.4. The molecule has 0 spiro atoms. The second kappa shape index (κ2) is 14.1. The average molecular weight is 669 g/mol. The van der Waals surface area contributed by atoms with Crippen molar-refractivity contribution in [2.45, 2.75) is 103 Å². The Labute approximate surface area is 279 Å². The molecule has 0 amide bonds. The molecule has 12 heteroatoms. The largest absolute Gasteiger partial charge is 0.468 e. The van der Waals surface area contributed by atoms with Crippen LogP contribution in [0.3, 0.4) is 0 Å². The number of aryl methyl sites for hydroxylation is 2. The number of aliphatic hydroxyl groups excluding tert-OH is 2. The summed E-state index contributed by atoms with van der Waals surface area (Å²) >= 11 is 0. The van der Waals surface area contributed by atoms with Gasteiger partial charge in [0.25, 0.3) is 0 Å². The van der Waals surface area contributed by atoms with Gasteiger partial charge in [-0.2, -0.15) is 9.97 Å². The lowest BCUT2D eigenvalue weighted by Crippen LogP contribution is -2.30. The van der Waals surface area contributed by atoms with Gasteiger partial charge in [0, 0.05) is 12.8 Å². The molecule has 4 atom stereocenters. The number of fused-ring (bicyclic) bond motifs is 2. The number of halogens is 2. The summed E-state index contributed by atoms with van der Waals surface area (Å²) in [5.41, 5.74) is 1.75. The van der Waals surface area contributed by atoms with Crippen molar-refractivity contribution in [3.05, 3.63) is 58.7 Å². The van der Waals surface area contributed by atoms with Crippen LogP contribution >= 0.6 is 0 Å². The molecule has 0 aliphatic carbocycles. The van der Waals surface area contributed by atoms with E-state index in [2.05, 4.69) is 19.9 Å². The molecule has 6 rings (SSSR count). The SMILES string of the molecule is CCc1nc(O[C@@H]2COC[C@H]2O)c2cc(C(C)(C)C)cc(F)c2n1.CCc1nc(O[C@H]2COC[C@@H]2O)c2cc(C(C)(C)C)cc(F)c2n1. The highest BCUT2D eigenvalue weighted by molar-refractivity contribution is 5.86. The number of aromatic nitrogens is 4. The Kier molecular flexibility index (Phi) is 10.5. The summed E-state index contributed by atoms with van der Waals surface area (Å²) in [6, 6.07) is 6.78. The van der Waals surface area contributed by atoms with Crippen molar-refractivity contribution >= 4 is 21.8 Å². The Morgan fingerprint density at radius 2 is 1.02 bits per heavy atom. The van der Waals surface area contributed by atoms with E-state index in [0.29, 0.717) is 47.0 Å². The van der Waals surface area contributed by atoms with Crippen molar-refractivity contribution in [2.75, 3.05) is 26.4 Å². The highest BCUT2D eigenvalue weighted by Crippen LogP contribution is 2.34. The van der Waals surface area contributed by atoms with E-state index in [4.69, 9.17) is 18.9 Å². The van der Waals surface area contributed by atoms with E-state index in [-0.39, 0.29) is 59.9 Å². The van der Waals surface area contributed by atoms with E-state index in [9.17, 15) is 19.0 Å². The minimum absolute atomic E-state index is 0.217. The summed E-state index contributed by atoms with van der Waals surface area (Å²) < 4.78 is 51.5. The molecule has 2 fully saturated rings. The molecule has 4 heterocycles. The second-order valence-corrected chi connectivity index (χ2v) is 14.3. The molecular formula is C36H46F2N4O6. The van der Waals surface area contributed by atoms with Gasteiger partial charge in [0.05, 0.1) is 37.2 Å². The Balaban J connectivity index is 0.000000188. The standard InChI is InChI=1S/2C18H23FN2O3/c2*1-5-15-20-16-11(6-10(7-12(16)19)18(2,3)4)17(21-15)24-14-9-23-8-13(14)22/h2*6-7,13-14,22H,5,8-9H2,1-4H3/t2*13-,14-/m10/s1. The van der Waals surface area contributed by atoms with Gasteiger partial charge in [-0.15, -0.1) is 0 Å². The number of benzene rings is 2. The number of hydrogen-bond donors (Lipinski definition) is 2. The first kappa shape index (κ1) is 35.7. The molecule has 2 saturated heterocycles. The molecule has 0 bridgehead atoms. The molecule has 2 aliphatic heterocycles. The van der Waals surface area contributed by atoms with Gasteiger partial charge in [-0.3, -0.25) is 0 Å². The maximum atomic E-state index is 14.6. The third kappa shape index (κ3) is 7.83. The number of rotatable bonds is 6. The highest BCUT2D eigenvalue weighted by atomic mass is 19.1. The van der Waals surface area contributed by atoms with Crippen molar-refractivity contribution in [1.29, 1.82) is 0 Å². The lowest BCUT2D eigenvalue weighted by Gasteiger charge is -2.21. The van der Waals surface area contributed by atoms with Gasteiger partial charge in [-0.05, 0) is 46.2 Å². The topological polar surface area (TPSA) is 129 Å². The van der Waals surface area contributed by atoms with Crippen LogP contribution in [-0.2, 0) is 33.1 Å². The van der Waals surface area contributed by atoms with E-state index in [1.165, 1.54) is 12.1 Å². The Hall–Kier alpha value is -3.58. The van der Waals surface area contributed by atoms with Gasteiger partial charge in [0.15, 0.2) is 12.2 Å². The molecule has 2 aromatic heterocycles. The van der Waals surface area contributed by atoms with E-state index in [1.54, 1.807) is 0 Å². The second-order valence-electron chi connectivity index (χ2n) is 14.3. The fourth-order valence-electron chi connectivity index (χ4n) is 5.33. The van der Waals surface area contributed by atoms with Crippen LogP contribution in [0, 0.1) is 11.6 Å². The van der Waals surface area contributed by atoms with Gasteiger partial charge in [0.2, 0.25) is 11.8 Å². The third-order valence-electron chi connectivity index (χ3n) is 8.42. The number of ether oxygens (including phenoxy) is 4. The first-order valence-corrected chi connectivity index (χ1v) is 16.4. The summed E-state index contributed by atoms with van der Waals surface area (Å²) in [5.74, 6) is 0.847. The van der Waals surface area contributed by atoms with E-state index >= 15 is 0 Å². The quantitative estimate of drug-likeness (QED) is 0.271. The molecule has 2 aliphatic rings. The molecule has 0 radical (unpaired) electrons. The van der Waals surface area contributed by atoms with Crippen molar-refractivity contribution < 1.29 is 37.9 Å². The molecular weight excluding hydrogens is 622 g/mol. The summed E-state index contributed by atoms with van der Waals surface area (Å²) in [6.07, 6.45) is -1.30. The number of nitrogens with zero attached hydrogens (tertiary/aromatic N) is 4. The zero-order valence-electron chi connectivity index (χ0n) is 28.9. The molecule has 48 heavy (non-hydrogen) atoms. The highest BCUT2D eigenvalue weighted by Gasteiger charge is 2.31. The van der Waals surface area contributed by atoms with Crippen LogP contribution in [0.5, 0.6) is 11.8 Å². The molecule has 2 aromatic carbocycles. The van der Waals surface area contributed by atoms with E-state index < -0.39 is 24.4 Å².